The molecular formula is C15H15ClN4O5. The SMILES string of the molecule is COc1cc(OC)nc(NC(=O)COc2ccc(Cl)cc2C(N)=O)n1. The van der Waals surface area contributed by atoms with Gasteiger partial charge in [0.2, 0.25) is 17.7 Å². The smallest absolute Gasteiger partial charge is 0.264 e. The number of carbonyl (C=O) groups is 2. The predicted molar refractivity (Wildman–Crippen MR) is 89.2 cm³/mol. The summed E-state index contributed by atoms with van der Waals surface area (Å²) in [6.07, 6.45) is 0. The Morgan fingerprint density at radius 1 is 1.16 bits per heavy atom. The van der Waals surface area contributed by atoms with E-state index in [1.54, 1.807) is 0 Å². The quantitative estimate of drug-likeness (QED) is 0.755. The van der Waals surface area contributed by atoms with Crippen LogP contribution in [0.1, 0.15) is 10.4 Å². The second-order valence-corrected chi connectivity index (χ2v) is 5.05. The van der Waals surface area contributed by atoms with E-state index in [-0.39, 0.29) is 29.0 Å². The van der Waals surface area contributed by atoms with Gasteiger partial charge in [-0.2, -0.15) is 9.97 Å². The number of primary amides is 1. The van der Waals surface area contributed by atoms with Gasteiger partial charge in [-0.25, -0.2) is 0 Å². The largest absolute Gasteiger partial charge is 0.483 e. The summed E-state index contributed by atoms with van der Waals surface area (Å²) in [5.74, 6) is -0.722. The van der Waals surface area contributed by atoms with Crippen molar-refractivity contribution in [3.63, 3.8) is 0 Å². The van der Waals surface area contributed by atoms with Gasteiger partial charge in [0.1, 0.15) is 5.75 Å². The fourth-order valence-corrected chi connectivity index (χ4v) is 1.97. The second kappa shape index (κ2) is 8.15. The first kappa shape index (κ1) is 18.3. The molecule has 1 heterocycles. The number of halogens is 1. The van der Waals surface area contributed by atoms with Gasteiger partial charge in [-0.15, -0.1) is 0 Å². The van der Waals surface area contributed by atoms with Crippen molar-refractivity contribution in [3.05, 3.63) is 34.9 Å². The molecule has 0 saturated carbocycles. The highest BCUT2D eigenvalue weighted by Crippen LogP contribution is 2.22. The van der Waals surface area contributed by atoms with Crippen molar-refractivity contribution in [3.8, 4) is 17.5 Å². The van der Waals surface area contributed by atoms with Crippen LogP contribution in [0.15, 0.2) is 24.3 Å². The fraction of sp³-hybridized carbons (Fsp3) is 0.200. The normalized spacial score (nSPS) is 10.0. The number of nitrogens with zero attached hydrogens (tertiary/aromatic N) is 2. The predicted octanol–water partition coefficient (Wildman–Crippen LogP) is 1.26. The van der Waals surface area contributed by atoms with Gasteiger partial charge in [-0.3, -0.25) is 14.9 Å². The molecule has 132 valence electrons. The zero-order valence-electron chi connectivity index (χ0n) is 13.4. The molecular weight excluding hydrogens is 352 g/mol. The van der Waals surface area contributed by atoms with Gasteiger partial charge in [-0.05, 0) is 18.2 Å². The van der Waals surface area contributed by atoms with Crippen LogP contribution in [0.25, 0.3) is 0 Å². The van der Waals surface area contributed by atoms with E-state index in [1.807, 2.05) is 0 Å². The minimum absolute atomic E-state index is 0.0176. The van der Waals surface area contributed by atoms with Gasteiger partial charge >= 0.3 is 0 Å². The highest BCUT2D eigenvalue weighted by molar-refractivity contribution is 6.31. The molecule has 0 radical (unpaired) electrons. The highest BCUT2D eigenvalue weighted by atomic mass is 35.5. The monoisotopic (exact) mass is 366 g/mol. The Labute approximate surface area is 148 Å². The molecule has 0 atom stereocenters. The van der Waals surface area contributed by atoms with Crippen LogP contribution in [-0.4, -0.2) is 42.6 Å². The van der Waals surface area contributed by atoms with Crippen molar-refractivity contribution in [2.24, 2.45) is 5.73 Å². The van der Waals surface area contributed by atoms with Crippen LogP contribution in [0.2, 0.25) is 5.02 Å². The summed E-state index contributed by atoms with van der Waals surface area (Å²) in [6.45, 7) is -0.398. The summed E-state index contributed by atoms with van der Waals surface area (Å²) in [5, 5.41) is 2.76. The summed E-state index contributed by atoms with van der Waals surface area (Å²) in [7, 11) is 2.84. The molecule has 1 aromatic carbocycles. The van der Waals surface area contributed by atoms with E-state index < -0.39 is 18.4 Å². The number of hydrogen-bond donors (Lipinski definition) is 2. The van der Waals surface area contributed by atoms with Gasteiger partial charge in [-0.1, -0.05) is 11.6 Å². The van der Waals surface area contributed by atoms with Gasteiger partial charge in [0, 0.05) is 5.02 Å². The highest BCUT2D eigenvalue weighted by Gasteiger charge is 2.13. The minimum atomic E-state index is -0.723. The number of carbonyl (C=O) groups excluding carboxylic acids is 2. The molecule has 0 saturated heterocycles. The van der Waals surface area contributed by atoms with Crippen molar-refractivity contribution in [2.45, 2.75) is 0 Å². The molecule has 0 fully saturated rings. The number of ether oxygens (including phenoxy) is 3. The molecule has 0 aliphatic carbocycles. The van der Waals surface area contributed by atoms with Crippen molar-refractivity contribution in [1.29, 1.82) is 0 Å². The minimum Gasteiger partial charge on any atom is -0.483 e. The second-order valence-electron chi connectivity index (χ2n) is 4.62. The lowest BCUT2D eigenvalue weighted by molar-refractivity contribution is -0.118. The fourth-order valence-electron chi connectivity index (χ4n) is 1.79. The Balaban J connectivity index is 2.06. The first-order chi connectivity index (χ1) is 11.9. The van der Waals surface area contributed by atoms with Crippen molar-refractivity contribution in [1.82, 2.24) is 9.97 Å². The van der Waals surface area contributed by atoms with Gasteiger partial charge in [0.15, 0.2) is 6.61 Å². The molecule has 2 rings (SSSR count). The lowest BCUT2D eigenvalue weighted by Gasteiger charge is -2.10. The lowest BCUT2D eigenvalue weighted by atomic mass is 10.2. The molecule has 9 nitrogen and oxygen atoms in total. The van der Waals surface area contributed by atoms with E-state index in [2.05, 4.69) is 15.3 Å². The lowest BCUT2D eigenvalue weighted by Crippen LogP contribution is -2.23. The number of anilines is 1. The summed E-state index contributed by atoms with van der Waals surface area (Å²) in [4.78, 5) is 31.3. The Kier molecular flexibility index (Phi) is 5.96. The van der Waals surface area contributed by atoms with Crippen molar-refractivity contribution >= 4 is 29.4 Å². The average molecular weight is 367 g/mol. The molecule has 0 spiro atoms. The molecule has 0 aliphatic heterocycles. The maximum atomic E-state index is 12.0. The van der Waals surface area contributed by atoms with Crippen LogP contribution < -0.4 is 25.3 Å². The van der Waals surface area contributed by atoms with E-state index in [9.17, 15) is 9.59 Å². The Morgan fingerprint density at radius 3 is 2.36 bits per heavy atom. The van der Waals surface area contributed by atoms with E-state index in [0.29, 0.717) is 5.02 Å². The van der Waals surface area contributed by atoms with Gasteiger partial charge < -0.3 is 19.9 Å². The topological polar surface area (TPSA) is 126 Å². The molecule has 0 bridgehead atoms. The number of benzene rings is 1. The van der Waals surface area contributed by atoms with Crippen molar-refractivity contribution < 1.29 is 23.8 Å². The van der Waals surface area contributed by atoms with Crippen LogP contribution >= 0.6 is 11.6 Å². The molecule has 25 heavy (non-hydrogen) atoms. The van der Waals surface area contributed by atoms with Crippen LogP contribution in [0.4, 0.5) is 5.95 Å². The first-order valence-corrected chi connectivity index (χ1v) is 7.29. The van der Waals surface area contributed by atoms with Gasteiger partial charge in [0.05, 0.1) is 25.8 Å². The van der Waals surface area contributed by atoms with E-state index in [1.165, 1.54) is 38.5 Å². The van der Waals surface area contributed by atoms with Crippen LogP contribution in [0.3, 0.4) is 0 Å². The molecule has 2 amide bonds. The maximum absolute atomic E-state index is 12.0. The third-order valence-corrected chi connectivity index (χ3v) is 3.15. The molecule has 1 aromatic heterocycles. The molecule has 10 heteroatoms. The summed E-state index contributed by atoms with van der Waals surface area (Å²) < 4.78 is 15.3. The Bertz CT molecular complexity index is 777. The molecule has 2 aromatic rings. The summed E-state index contributed by atoms with van der Waals surface area (Å²) in [6, 6.07) is 5.77. The van der Waals surface area contributed by atoms with Crippen LogP contribution in [-0.2, 0) is 4.79 Å². The third-order valence-electron chi connectivity index (χ3n) is 2.91. The summed E-state index contributed by atoms with van der Waals surface area (Å²) in [5.41, 5.74) is 5.32. The van der Waals surface area contributed by atoms with Crippen LogP contribution in [0, 0.1) is 0 Å². The number of amides is 2. The average Bonchev–Trinajstić information content (AvgIpc) is 2.60. The van der Waals surface area contributed by atoms with E-state index >= 15 is 0 Å². The number of methoxy groups -OCH3 is 2. The van der Waals surface area contributed by atoms with Gasteiger partial charge in [0.25, 0.3) is 11.8 Å². The molecule has 0 unspecified atom stereocenters. The number of nitrogens with two attached hydrogens (primary N) is 1. The van der Waals surface area contributed by atoms with E-state index in [0.717, 1.165) is 0 Å². The standard InChI is InChI=1S/C15H15ClN4O5/c1-23-12-6-13(24-2)20-15(19-12)18-11(21)7-25-10-4-3-8(16)5-9(10)14(17)22/h3-6H,7H2,1-2H3,(H2,17,22)(H,18,19,20,21). The zero-order valence-corrected chi connectivity index (χ0v) is 14.2. The number of aromatic nitrogens is 2. The Hall–Kier alpha value is -3.07. The zero-order chi connectivity index (χ0) is 18.4. The molecule has 0 aliphatic rings. The maximum Gasteiger partial charge on any atom is 0.264 e. The number of rotatable bonds is 7. The first-order valence-electron chi connectivity index (χ1n) is 6.92. The number of nitrogens with one attached hydrogen (secondary N) is 1. The number of hydrogen-bond acceptors (Lipinski definition) is 7. The van der Waals surface area contributed by atoms with Crippen LogP contribution in [0.5, 0.6) is 17.5 Å². The Morgan fingerprint density at radius 2 is 1.80 bits per heavy atom. The molecule has 3 N–H and O–H groups in total. The van der Waals surface area contributed by atoms with Crippen molar-refractivity contribution in [2.75, 3.05) is 26.1 Å². The third kappa shape index (κ3) is 4.95. The van der Waals surface area contributed by atoms with E-state index in [4.69, 9.17) is 31.5 Å². The summed E-state index contributed by atoms with van der Waals surface area (Å²) >= 11 is 5.81.